The van der Waals surface area contributed by atoms with Crippen LogP contribution in [0, 0.1) is 0 Å². The van der Waals surface area contributed by atoms with Crippen LogP contribution in [0.2, 0.25) is 0 Å². The van der Waals surface area contributed by atoms with Crippen LogP contribution in [-0.2, 0) is 27.2 Å². The molecule has 1 aromatic carbocycles. The third-order valence-corrected chi connectivity index (χ3v) is 6.11. The first-order valence-corrected chi connectivity index (χ1v) is 11.0. The van der Waals surface area contributed by atoms with Crippen molar-refractivity contribution in [3.8, 4) is 17.2 Å². The van der Waals surface area contributed by atoms with Gasteiger partial charge in [-0.2, -0.15) is 5.10 Å². The highest BCUT2D eigenvalue weighted by atomic mass is 32.1. The molecule has 0 saturated carbocycles. The summed E-state index contributed by atoms with van der Waals surface area (Å²) in [4.78, 5) is 38.1. The Hall–Kier alpha value is -3.60. The number of ether oxygens (including phenoxy) is 4. The first-order valence-electron chi connectivity index (χ1n) is 10.2. The minimum Gasteiger partial charge on any atom is -0.493 e. The van der Waals surface area contributed by atoms with E-state index in [9.17, 15) is 14.4 Å². The van der Waals surface area contributed by atoms with E-state index >= 15 is 0 Å². The average molecular weight is 476 g/mol. The molecule has 0 saturated heterocycles. The van der Waals surface area contributed by atoms with Crippen molar-refractivity contribution in [1.29, 1.82) is 0 Å². The van der Waals surface area contributed by atoms with Gasteiger partial charge in [-0.1, -0.05) is 0 Å². The molecule has 1 aliphatic carbocycles. The predicted molar refractivity (Wildman–Crippen MR) is 123 cm³/mol. The summed E-state index contributed by atoms with van der Waals surface area (Å²) in [7, 11) is 4.45. The van der Waals surface area contributed by atoms with Gasteiger partial charge in [0.05, 0.1) is 39.7 Å². The van der Waals surface area contributed by atoms with Crippen LogP contribution in [0.5, 0.6) is 17.2 Å². The van der Waals surface area contributed by atoms with Crippen molar-refractivity contribution in [3.05, 3.63) is 33.7 Å². The van der Waals surface area contributed by atoms with Crippen LogP contribution in [0.3, 0.4) is 0 Å². The molecule has 0 fully saturated rings. The van der Waals surface area contributed by atoms with E-state index in [0.29, 0.717) is 33.4 Å². The quantitative estimate of drug-likeness (QED) is 0.260. The van der Waals surface area contributed by atoms with Crippen LogP contribution in [-0.4, -0.2) is 51.9 Å². The number of rotatable bonds is 8. The van der Waals surface area contributed by atoms with Gasteiger partial charge in [0.25, 0.3) is 0 Å². The summed E-state index contributed by atoms with van der Waals surface area (Å²) < 4.78 is 20.9. The second kappa shape index (κ2) is 10.8. The van der Waals surface area contributed by atoms with Crippen molar-refractivity contribution in [2.24, 2.45) is 5.10 Å². The number of benzene rings is 1. The molecule has 2 N–H and O–H groups in total. The van der Waals surface area contributed by atoms with Crippen molar-refractivity contribution in [2.75, 3.05) is 33.3 Å². The van der Waals surface area contributed by atoms with E-state index in [0.717, 1.165) is 29.7 Å². The van der Waals surface area contributed by atoms with Gasteiger partial charge in [-0.25, -0.2) is 10.2 Å². The maximum absolute atomic E-state index is 12.4. The molecule has 0 atom stereocenters. The van der Waals surface area contributed by atoms with Gasteiger partial charge in [0.2, 0.25) is 5.75 Å². The number of hydrazone groups is 1. The number of carbonyl (C=O) groups is 3. The zero-order valence-corrected chi connectivity index (χ0v) is 19.6. The van der Waals surface area contributed by atoms with Crippen molar-refractivity contribution >= 4 is 40.3 Å². The fourth-order valence-electron chi connectivity index (χ4n) is 3.46. The standard InChI is InChI=1S/C22H25N3O7S/c1-5-32-22(28)17-13-7-6-8-16(13)33-21(17)24-19(26)20(27)25-23-11-12-9-14(29-2)18(31-4)15(10-12)30-3/h9-11H,5-8H2,1-4H3,(H,24,26)(H,25,27)/b23-11+. The molecular weight excluding hydrogens is 450 g/mol. The Morgan fingerprint density at radius 2 is 1.76 bits per heavy atom. The van der Waals surface area contributed by atoms with Gasteiger partial charge in [-0.15, -0.1) is 11.3 Å². The molecule has 0 radical (unpaired) electrons. The van der Waals surface area contributed by atoms with Crippen molar-refractivity contribution in [2.45, 2.75) is 26.2 Å². The van der Waals surface area contributed by atoms with Crippen molar-refractivity contribution in [1.82, 2.24) is 5.43 Å². The Kier molecular flexibility index (Phi) is 7.88. The smallest absolute Gasteiger partial charge is 0.341 e. The van der Waals surface area contributed by atoms with E-state index in [1.807, 2.05) is 0 Å². The molecule has 11 heteroatoms. The number of thiophene rings is 1. The van der Waals surface area contributed by atoms with Crippen molar-refractivity contribution in [3.63, 3.8) is 0 Å². The summed E-state index contributed by atoms with van der Waals surface area (Å²) in [6.07, 6.45) is 3.84. The molecule has 0 unspecified atom stereocenters. The van der Waals surface area contributed by atoms with Crippen LogP contribution >= 0.6 is 11.3 Å². The number of fused-ring (bicyclic) bond motifs is 1. The first-order chi connectivity index (χ1) is 15.9. The van der Waals surface area contributed by atoms with Gasteiger partial charge in [0.15, 0.2) is 11.5 Å². The summed E-state index contributed by atoms with van der Waals surface area (Å²) in [5, 5.41) is 6.65. The van der Waals surface area contributed by atoms with E-state index in [2.05, 4.69) is 15.8 Å². The SMILES string of the molecule is CCOC(=O)c1c(NC(=O)C(=O)N/N=C/c2cc(OC)c(OC)c(OC)c2)sc2c1CCC2. The van der Waals surface area contributed by atoms with Gasteiger partial charge in [-0.3, -0.25) is 9.59 Å². The van der Waals surface area contributed by atoms with Crippen LogP contribution in [0.4, 0.5) is 5.00 Å². The third kappa shape index (κ3) is 5.25. The number of methoxy groups -OCH3 is 3. The lowest BCUT2D eigenvalue weighted by Crippen LogP contribution is -2.32. The van der Waals surface area contributed by atoms with Gasteiger partial charge >= 0.3 is 17.8 Å². The third-order valence-electron chi connectivity index (χ3n) is 4.90. The van der Waals surface area contributed by atoms with Gasteiger partial charge in [0.1, 0.15) is 5.00 Å². The summed E-state index contributed by atoms with van der Waals surface area (Å²) in [5.41, 5.74) is 3.93. The molecule has 0 bridgehead atoms. The molecule has 2 amide bonds. The normalized spacial score (nSPS) is 12.2. The lowest BCUT2D eigenvalue weighted by Gasteiger charge is -2.12. The fraction of sp³-hybridized carbons (Fsp3) is 0.364. The molecule has 1 aliphatic rings. The predicted octanol–water partition coefficient (Wildman–Crippen LogP) is 2.53. The highest BCUT2D eigenvalue weighted by Crippen LogP contribution is 2.40. The Labute approximate surface area is 194 Å². The number of esters is 1. The second-order valence-electron chi connectivity index (χ2n) is 6.89. The zero-order valence-electron chi connectivity index (χ0n) is 18.8. The minimum absolute atomic E-state index is 0.215. The Balaban J connectivity index is 1.70. The van der Waals surface area contributed by atoms with E-state index in [1.165, 1.54) is 38.9 Å². The highest BCUT2D eigenvalue weighted by molar-refractivity contribution is 7.17. The zero-order chi connectivity index (χ0) is 24.0. The topological polar surface area (TPSA) is 125 Å². The van der Waals surface area contributed by atoms with E-state index < -0.39 is 17.8 Å². The molecule has 1 heterocycles. The molecule has 1 aromatic heterocycles. The number of carbonyl (C=O) groups excluding carboxylic acids is 3. The summed E-state index contributed by atoms with van der Waals surface area (Å²) in [5.74, 6) is -1.18. The monoisotopic (exact) mass is 475 g/mol. The Morgan fingerprint density at radius 3 is 2.36 bits per heavy atom. The molecule has 10 nitrogen and oxygen atoms in total. The molecule has 0 aliphatic heterocycles. The molecule has 176 valence electrons. The molecule has 2 aromatic rings. The Morgan fingerprint density at radius 1 is 1.06 bits per heavy atom. The maximum atomic E-state index is 12.4. The highest BCUT2D eigenvalue weighted by Gasteiger charge is 2.29. The number of anilines is 1. The van der Waals surface area contributed by atoms with Crippen LogP contribution in [0.25, 0.3) is 0 Å². The summed E-state index contributed by atoms with van der Waals surface area (Å²) in [6, 6.07) is 3.27. The van der Waals surface area contributed by atoms with E-state index in [4.69, 9.17) is 18.9 Å². The van der Waals surface area contributed by atoms with Gasteiger partial charge in [-0.05, 0) is 43.9 Å². The molecule has 3 rings (SSSR count). The van der Waals surface area contributed by atoms with Gasteiger partial charge < -0.3 is 24.3 Å². The minimum atomic E-state index is -0.984. The van der Waals surface area contributed by atoms with Crippen LogP contribution < -0.4 is 25.0 Å². The van der Waals surface area contributed by atoms with Gasteiger partial charge in [0, 0.05) is 10.4 Å². The van der Waals surface area contributed by atoms with E-state index in [-0.39, 0.29) is 6.61 Å². The van der Waals surface area contributed by atoms with Crippen molar-refractivity contribution < 1.29 is 33.3 Å². The number of nitrogens with one attached hydrogen (secondary N) is 2. The number of amides is 2. The van der Waals surface area contributed by atoms with Crippen LogP contribution in [0.1, 0.15) is 39.7 Å². The molecular formula is C22H25N3O7S. The van der Waals surface area contributed by atoms with Crippen LogP contribution in [0.15, 0.2) is 17.2 Å². The molecule has 0 spiro atoms. The number of hydrogen-bond donors (Lipinski definition) is 2. The lowest BCUT2D eigenvalue weighted by atomic mass is 10.1. The fourth-order valence-corrected chi connectivity index (χ4v) is 4.74. The first kappa shape index (κ1) is 24.1. The van der Waals surface area contributed by atoms with E-state index in [1.54, 1.807) is 19.1 Å². The largest absolute Gasteiger partial charge is 0.493 e. The molecule has 33 heavy (non-hydrogen) atoms. The number of hydrogen-bond acceptors (Lipinski definition) is 9. The Bertz CT molecular complexity index is 1070. The number of aryl methyl sites for hydroxylation is 1. The second-order valence-corrected chi connectivity index (χ2v) is 8.00. The average Bonchev–Trinajstić information content (AvgIpc) is 3.39. The maximum Gasteiger partial charge on any atom is 0.341 e. The lowest BCUT2D eigenvalue weighted by molar-refractivity contribution is -0.136. The number of nitrogens with zero attached hydrogens (tertiary/aromatic N) is 1. The summed E-state index contributed by atoms with van der Waals surface area (Å²) >= 11 is 1.29. The summed E-state index contributed by atoms with van der Waals surface area (Å²) in [6.45, 7) is 1.93.